The number of fused-ring (bicyclic) bond motifs is 1. The summed E-state index contributed by atoms with van der Waals surface area (Å²) in [6.07, 6.45) is 0.528. The Balaban J connectivity index is 1.54. The molecular formula is C18H15N3O4S. The quantitative estimate of drug-likeness (QED) is 0.806. The average Bonchev–Trinajstić information content (AvgIpc) is 3.23. The van der Waals surface area contributed by atoms with E-state index in [2.05, 4.69) is 10.6 Å². The third-order valence-corrected chi connectivity index (χ3v) is 5.25. The Kier molecular flexibility index (Phi) is 4.04. The standard InChI is InChI=1S/C18H15N3O4S/c22-15-4-3-14(17(24)20-15)21-8-11-7-10(1-2-13(11)18(21)25)16(23)19-12-5-6-26-9-12/h1-2,5-7,9,14H,3-4,8H2,(H,19,23)(H,20,22,24). The van der Waals surface area contributed by atoms with Gasteiger partial charge in [0, 0.05) is 29.5 Å². The molecule has 2 N–H and O–H groups in total. The Hall–Kier alpha value is -3.00. The van der Waals surface area contributed by atoms with Crippen LogP contribution in [0.2, 0.25) is 0 Å². The fourth-order valence-electron chi connectivity index (χ4n) is 3.25. The summed E-state index contributed by atoms with van der Waals surface area (Å²) in [4.78, 5) is 49.8. The van der Waals surface area contributed by atoms with Crippen LogP contribution in [0.1, 0.15) is 39.1 Å². The minimum absolute atomic E-state index is 0.213. The van der Waals surface area contributed by atoms with Gasteiger partial charge in [-0.3, -0.25) is 24.5 Å². The predicted octanol–water partition coefficient (Wildman–Crippen LogP) is 1.76. The fraction of sp³-hybridized carbons (Fsp3) is 0.222. The van der Waals surface area contributed by atoms with E-state index in [1.165, 1.54) is 16.2 Å². The van der Waals surface area contributed by atoms with Crippen molar-refractivity contribution < 1.29 is 19.2 Å². The van der Waals surface area contributed by atoms with E-state index in [0.29, 0.717) is 23.1 Å². The second-order valence-electron chi connectivity index (χ2n) is 6.24. The zero-order chi connectivity index (χ0) is 18.3. The lowest BCUT2D eigenvalue weighted by Gasteiger charge is -2.29. The van der Waals surface area contributed by atoms with Crippen molar-refractivity contribution >= 4 is 40.7 Å². The maximum absolute atomic E-state index is 12.6. The molecule has 132 valence electrons. The van der Waals surface area contributed by atoms with E-state index in [1.807, 2.05) is 16.8 Å². The highest BCUT2D eigenvalue weighted by Crippen LogP contribution is 2.28. The molecule has 26 heavy (non-hydrogen) atoms. The number of imide groups is 1. The van der Waals surface area contributed by atoms with Crippen LogP contribution in [0.15, 0.2) is 35.0 Å². The highest BCUT2D eigenvalue weighted by atomic mass is 32.1. The van der Waals surface area contributed by atoms with Gasteiger partial charge in [-0.05, 0) is 41.6 Å². The molecule has 1 aromatic heterocycles. The topological polar surface area (TPSA) is 95.6 Å². The summed E-state index contributed by atoms with van der Waals surface area (Å²) in [7, 11) is 0. The van der Waals surface area contributed by atoms with Crippen LogP contribution in [0.25, 0.3) is 0 Å². The summed E-state index contributed by atoms with van der Waals surface area (Å²) in [6, 6.07) is 6.06. The van der Waals surface area contributed by atoms with Gasteiger partial charge in [0.1, 0.15) is 6.04 Å². The summed E-state index contributed by atoms with van der Waals surface area (Å²) in [6.45, 7) is 0.250. The molecule has 4 rings (SSSR count). The van der Waals surface area contributed by atoms with Gasteiger partial charge in [-0.2, -0.15) is 11.3 Å². The van der Waals surface area contributed by atoms with Crippen LogP contribution in [0.4, 0.5) is 5.69 Å². The van der Waals surface area contributed by atoms with Gasteiger partial charge >= 0.3 is 0 Å². The highest BCUT2D eigenvalue weighted by Gasteiger charge is 2.39. The van der Waals surface area contributed by atoms with Crippen LogP contribution in [-0.4, -0.2) is 34.6 Å². The molecule has 0 aliphatic carbocycles. The first-order chi connectivity index (χ1) is 12.5. The molecule has 2 aliphatic rings. The van der Waals surface area contributed by atoms with Gasteiger partial charge in [0.25, 0.3) is 11.8 Å². The van der Waals surface area contributed by atoms with Crippen LogP contribution in [0.5, 0.6) is 0 Å². The van der Waals surface area contributed by atoms with Gasteiger partial charge in [0.2, 0.25) is 11.8 Å². The number of amides is 4. The van der Waals surface area contributed by atoms with Crippen LogP contribution in [0.3, 0.4) is 0 Å². The van der Waals surface area contributed by atoms with E-state index >= 15 is 0 Å². The largest absolute Gasteiger partial charge is 0.322 e. The number of carbonyl (C=O) groups excluding carboxylic acids is 4. The molecule has 4 amide bonds. The van der Waals surface area contributed by atoms with Crippen molar-refractivity contribution in [2.24, 2.45) is 0 Å². The third kappa shape index (κ3) is 2.88. The van der Waals surface area contributed by atoms with Crippen molar-refractivity contribution in [1.82, 2.24) is 10.2 Å². The van der Waals surface area contributed by atoms with E-state index in [-0.39, 0.29) is 30.7 Å². The molecule has 1 atom stereocenters. The fourth-order valence-corrected chi connectivity index (χ4v) is 3.84. The first-order valence-corrected chi connectivity index (χ1v) is 9.08. The molecule has 1 fully saturated rings. The lowest BCUT2D eigenvalue weighted by atomic mass is 10.0. The summed E-state index contributed by atoms with van der Waals surface area (Å²) >= 11 is 1.49. The lowest BCUT2D eigenvalue weighted by Crippen LogP contribution is -2.52. The lowest BCUT2D eigenvalue weighted by molar-refractivity contribution is -0.136. The maximum Gasteiger partial charge on any atom is 0.255 e. The van der Waals surface area contributed by atoms with Crippen molar-refractivity contribution in [2.75, 3.05) is 5.32 Å². The van der Waals surface area contributed by atoms with E-state index in [0.717, 1.165) is 5.69 Å². The molecule has 2 aromatic rings. The van der Waals surface area contributed by atoms with Crippen molar-refractivity contribution in [3.63, 3.8) is 0 Å². The molecule has 7 nitrogen and oxygen atoms in total. The number of nitrogens with zero attached hydrogens (tertiary/aromatic N) is 1. The SMILES string of the molecule is O=C1CCC(N2Cc3cc(C(=O)Nc4ccsc4)ccc3C2=O)C(=O)N1. The van der Waals surface area contributed by atoms with E-state index < -0.39 is 11.9 Å². The van der Waals surface area contributed by atoms with E-state index in [4.69, 9.17) is 0 Å². The third-order valence-electron chi connectivity index (χ3n) is 4.56. The molecule has 3 heterocycles. The zero-order valence-electron chi connectivity index (χ0n) is 13.7. The monoisotopic (exact) mass is 369 g/mol. The Morgan fingerprint density at radius 1 is 1.23 bits per heavy atom. The van der Waals surface area contributed by atoms with Crippen molar-refractivity contribution in [3.8, 4) is 0 Å². The van der Waals surface area contributed by atoms with E-state index in [1.54, 1.807) is 18.2 Å². The number of thiophene rings is 1. The van der Waals surface area contributed by atoms with Gasteiger partial charge in [-0.25, -0.2) is 0 Å². The molecule has 0 saturated carbocycles. The number of hydrogen-bond donors (Lipinski definition) is 2. The first-order valence-electron chi connectivity index (χ1n) is 8.14. The minimum Gasteiger partial charge on any atom is -0.322 e. The number of piperidine rings is 1. The van der Waals surface area contributed by atoms with Gasteiger partial charge < -0.3 is 10.2 Å². The normalized spacial score (nSPS) is 19.3. The average molecular weight is 369 g/mol. The molecule has 1 saturated heterocycles. The van der Waals surface area contributed by atoms with Crippen LogP contribution in [-0.2, 0) is 16.1 Å². The molecule has 2 aliphatic heterocycles. The maximum atomic E-state index is 12.6. The Bertz CT molecular complexity index is 923. The second-order valence-corrected chi connectivity index (χ2v) is 7.02. The highest BCUT2D eigenvalue weighted by molar-refractivity contribution is 7.08. The summed E-state index contributed by atoms with van der Waals surface area (Å²) < 4.78 is 0. The number of anilines is 1. The van der Waals surface area contributed by atoms with Gasteiger partial charge in [0.05, 0.1) is 5.69 Å². The Labute approximate surface area is 153 Å². The number of rotatable bonds is 3. The van der Waals surface area contributed by atoms with Gasteiger partial charge in [-0.15, -0.1) is 0 Å². The van der Waals surface area contributed by atoms with Crippen molar-refractivity contribution in [2.45, 2.75) is 25.4 Å². The summed E-state index contributed by atoms with van der Waals surface area (Å²) in [5.74, 6) is -1.27. The molecule has 0 radical (unpaired) electrons. The molecule has 1 unspecified atom stereocenters. The molecule has 0 bridgehead atoms. The van der Waals surface area contributed by atoms with Crippen LogP contribution in [0, 0.1) is 0 Å². The minimum atomic E-state index is -0.657. The molecule has 1 aromatic carbocycles. The van der Waals surface area contributed by atoms with Crippen LogP contribution >= 0.6 is 11.3 Å². The zero-order valence-corrected chi connectivity index (χ0v) is 14.5. The van der Waals surface area contributed by atoms with Crippen molar-refractivity contribution in [1.29, 1.82) is 0 Å². The predicted molar refractivity (Wildman–Crippen MR) is 94.8 cm³/mol. The Morgan fingerprint density at radius 2 is 2.08 bits per heavy atom. The summed E-state index contributed by atoms with van der Waals surface area (Å²) in [5.41, 5.74) is 2.37. The van der Waals surface area contributed by atoms with E-state index in [9.17, 15) is 19.2 Å². The molecular weight excluding hydrogens is 354 g/mol. The number of nitrogens with one attached hydrogen (secondary N) is 2. The number of benzene rings is 1. The van der Waals surface area contributed by atoms with Crippen LogP contribution < -0.4 is 10.6 Å². The molecule has 8 heteroatoms. The second kappa shape index (κ2) is 6.38. The van der Waals surface area contributed by atoms with Gasteiger partial charge in [0.15, 0.2) is 0 Å². The number of hydrogen-bond acceptors (Lipinski definition) is 5. The Morgan fingerprint density at radius 3 is 2.81 bits per heavy atom. The molecule has 0 spiro atoms. The van der Waals surface area contributed by atoms with Gasteiger partial charge in [-0.1, -0.05) is 0 Å². The first kappa shape index (κ1) is 16.5. The summed E-state index contributed by atoms with van der Waals surface area (Å²) in [5, 5.41) is 8.77. The smallest absolute Gasteiger partial charge is 0.255 e. The van der Waals surface area contributed by atoms with Crippen molar-refractivity contribution in [3.05, 3.63) is 51.7 Å². The number of carbonyl (C=O) groups is 4.